The van der Waals surface area contributed by atoms with Crippen molar-refractivity contribution < 1.29 is 19.1 Å². The van der Waals surface area contributed by atoms with E-state index in [4.69, 9.17) is 4.74 Å². The van der Waals surface area contributed by atoms with E-state index in [1.165, 1.54) is 6.42 Å². The van der Waals surface area contributed by atoms with Crippen molar-refractivity contribution in [2.24, 2.45) is 0 Å². The van der Waals surface area contributed by atoms with E-state index in [-0.39, 0.29) is 24.3 Å². The molecule has 9 nitrogen and oxygen atoms in total. The second-order valence-corrected chi connectivity index (χ2v) is 10.0. The van der Waals surface area contributed by atoms with E-state index in [1.54, 1.807) is 11.1 Å². The summed E-state index contributed by atoms with van der Waals surface area (Å²) in [6, 6.07) is 9.38. The van der Waals surface area contributed by atoms with Gasteiger partial charge >= 0.3 is 0 Å². The third-order valence-electron chi connectivity index (χ3n) is 7.84. The predicted octanol–water partition coefficient (Wildman–Crippen LogP) is 2.03. The molecule has 3 fully saturated rings. The summed E-state index contributed by atoms with van der Waals surface area (Å²) >= 11 is 0. The lowest BCUT2D eigenvalue weighted by molar-refractivity contribution is -0.136. The molecule has 1 aromatic carbocycles. The lowest BCUT2D eigenvalue weighted by atomic mass is 9.86. The van der Waals surface area contributed by atoms with Gasteiger partial charge in [-0.1, -0.05) is 6.42 Å². The third kappa shape index (κ3) is 4.18. The molecule has 0 spiro atoms. The maximum absolute atomic E-state index is 13.0. The molecule has 1 aliphatic carbocycles. The number of ether oxygens (including phenoxy) is 1. The molecule has 1 aromatic heterocycles. The van der Waals surface area contributed by atoms with Crippen molar-refractivity contribution in [3.8, 4) is 5.75 Å². The monoisotopic (exact) mass is 475 g/mol. The molecule has 4 aliphatic rings. The Balaban J connectivity index is 1.12. The molecule has 182 valence electrons. The molecular weight excluding hydrogens is 446 g/mol. The number of imide groups is 1. The number of likely N-dealkylation sites (tertiary alicyclic amines) is 1. The first-order valence-electron chi connectivity index (χ1n) is 12.5. The van der Waals surface area contributed by atoms with Crippen LogP contribution in [0.1, 0.15) is 66.1 Å². The van der Waals surface area contributed by atoms with Gasteiger partial charge in [-0.15, -0.1) is 0 Å². The first-order chi connectivity index (χ1) is 17.1. The van der Waals surface area contributed by atoms with Gasteiger partial charge < -0.3 is 9.64 Å². The molecule has 2 aromatic rings. The highest BCUT2D eigenvalue weighted by Crippen LogP contribution is 2.36. The van der Waals surface area contributed by atoms with Crippen LogP contribution >= 0.6 is 0 Å². The van der Waals surface area contributed by atoms with E-state index < -0.39 is 11.9 Å². The van der Waals surface area contributed by atoms with Crippen LogP contribution in [0, 0.1) is 0 Å². The number of amides is 3. The second-order valence-electron chi connectivity index (χ2n) is 10.0. The molecule has 2 saturated heterocycles. The van der Waals surface area contributed by atoms with Crippen LogP contribution in [0.25, 0.3) is 0 Å². The Hall–Kier alpha value is -3.33. The predicted molar refractivity (Wildman–Crippen MR) is 126 cm³/mol. The van der Waals surface area contributed by atoms with Gasteiger partial charge in [0.25, 0.3) is 5.91 Å². The van der Waals surface area contributed by atoms with Crippen LogP contribution < -0.4 is 10.1 Å². The molecule has 35 heavy (non-hydrogen) atoms. The van der Waals surface area contributed by atoms with Gasteiger partial charge in [0.2, 0.25) is 11.8 Å². The summed E-state index contributed by atoms with van der Waals surface area (Å²) in [5.41, 5.74) is 2.54. The smallest absolute Gasteiger partial charge is 0.255 e. The zero-order valence-corrected chi connectivity index (χ0v) is 19.6. The number of nitrogens with one attached hydrogen (secondary N) is 1. The lowest BCUT2D eigenvalue weighted by Crippen LogP contribution is -2.57. The first kappa shape index (κ1) is 22.2. The maximum atomic E-state index is 13.0. The number of hydrogen-bond acceptors (Lipinski definition) is 7. The summed E-state index contributed by atoms with van der Waals surface area (Å²) < 4.78 is 6.52. The van der Waals surface area contributed by atoms with Crippen LogP contribution in [0.2, 0.25) is 0 Å². The Morgan fingerprint density at radius 3 is 2.69 bits per heavy atom. The molecule has 0 bridgehead atoms. The Morgan fingerprint density at radius 2 is 1.89 bits per heavy atom. The fraction of sp³-hybridized carbons (Fsp3) is 0.500. The number of carbonyl (C=O) groups is 3. The summed E-state index contributed by atoms with van der Waals surface area (Å²) in [7, 11) is 0. The fourth-order valence-corrected chi connectivity index (χ4v) is 5.93. The van der Waals surface area contributed by atoms with Crippen LogP contribution in [-0.4, -0.2) is 69.0 Å². The first-order valence-corrected chi connectivity index (χ1v) is 12.5. The molecule has 1 N–H and O–H groups in total. The molecular formula is C26H29N5O4. The minimum absolute atomic E-state index is 0.105. The van der Waals surface area contributed by atoms with E-state index in [9.17, 15) is 14.4 Å². The number of benzene rings is 1. The molecule has 9 heteroatoms. The Morgan fingerprint density at radius 1 is 1.03 bits per heavy atom. The van der Waals surface area contributed by atoms with Gasteiger partial charge in [-0.2, -0.15) is 10.2 Å². The summed E-state index contributed by atoms with van der Waals surface area (Å²) in [6.45, 7) is 2.31. The van der Waals surface area contributed by atoms with Crippen molar-refractivity contribution in [2.45, 2.75) is 69.2 Å². The number of rotatable bonds is 5. The zero-order chi connectivity index (χ0) is 23.9. The average molecular weight is 476 g/mol. The summed E-state index contributed by atoms with van der Waals surface area (Å²) in [4.78, 5) is 40.8. The molecule has 1 saturated carbocycles. The van der Waals surface area contributed by atoms with E-state index in [0.717, 1.165) is 49.4 Å². The number of carbonyl (C=O) groups excluding carboxylic acids is 3. The van der Waals surface area contributed by atoms with Gasteiger partial charge in [0.15, 0.2) is 0 Å². The molecule has 3 amide bonds. The van der Waals surface area contributed by atoms with Gasteiger partial charge in [0.05, 0.1) is 5.69 Å². The van der Waals surface area contributed by atoms with Crippen molar-refractivity contribution in [3.05, 3.63) is 53.3 Å². The lowest BCUT2D eigenvalue weighted by Gasteiger charge is -2.48. The molecule has 3 atom stereocenters. The zero-order valence-electron chi connectivity index (χ0n) is 19.6. The van der Waals surface area contributed by atoms with Gasteiger partial charge in [-0.3, -0.25) is 24.6 Å². The summed E-state index contributed by atoms with van der Waals surface area (Å²) in [5.74, 6) is 0.365. The molecule has 6 rings (SSSR count). The highest BCUT2D eigenvalue weighted by Gasteiger charge is 2.41. The average Bonchev–Trinajstić information content (AvgIpc) is 3.15. The number of aromatic nitrogens is 2. The normalized spacial score (nSPS) is 27.4. The number of piperidine rings is 1. The van der Waals surface area contributed by atoms with Crippen LogP contribution in [0.3, 0.4) is 0 Å². The van der Waals surface area contributed by atoms with Crippen molar-refractivity contribution >= 4 is 17.7 Å². The van der Waals surface area contributed by atoms with Crippen LogP contribution in [-0.2, 0) is 16.1 Å². The molecule has 0 radical (unpaired) electrons. The number of hydrogen-bond donors (Lipinski definition) is 1. The van der Waals surface area contributed by atoms with E-state index in [1.807, 2.05) is 30.3 Å². The van der Waals surface area contributed by atoms with Crippen LogP contribution in [0.5, 0.6) is 5.75 Å². The van der Waals surface area contributed by atoms with Crippen LogP contribution in [0.4, 0.5) is 0 Å². The summed E-state index contributed by atoms with van der Waals surface area (Å²) in [6.07, 6.45) is 6.91. The van der Waals surface area contributed by atoms with Gasteiger partial charge in [0.1, 0.15) is 17.9 Å². The fourth-order valence-electron chi connectivity index (χ4n) is 5.93. The van der Waals surface area contributed by atoms with E-state index >= 15 is 0 Å². The van der Waals surface area contributed by atoms with E-state index in [2.05, 4.69) is 20.4 Å². The Labute approximate surface area is 203 Å². The van der Waals surface area contributed by atoms with Gasteiger partial charge in [0, 0.05) is 49.8 Å². The number of fused-ring (bicyclic) bond motifs is 1. The minimum Gasteiger partial charge on any atom is -0.489 e. The Bertz CT molecular complexity index is 1150. The van der Waals surface area contributed by atoms with Crippen molar-refractivity contribution in [3.63, 3.8) is 0 Å². The second kappa shape index (κ2) is 9.03. The van der Waals surface area contributed by atoms with Crippen LogP contribution in [0.15, 0.2) is 36.5 Å². The molecule has 1 unspecified atom stereocenters. The largest absolute Gasteiger partial charge is 0.489 e. The maximum Gasteiger partial charge on any atom is 0.255 e. The summed E-state index contributed by atoms with van der Waals surface area (Å²) in [5, 5.41) is 10.6. The van der Waals surface area contributed by atoms with Gasteiger partial charge in [-0.05, 0) is 61.6 Å². The van der Waals surface area contributed by atoms with Crippen molar-refractivity contribution in [1.82, 2.24) is 25.3 Å². The highest BCUT2D eigenvalue weighted by atomic mass is 16.5. The van der Waals surface area contributed by atoms with E-state index in [0.29, 0.717) is 30.5 Å². The standard InChI is InChI=1S/C26H29N5O4/c32-24-10-9-22(25(33)28-24)31-15-16-12-18(7-8-19(16)26(31)34)35-23-6-2-1-5-21(23)30-13-17(14-30)20-4-3-11-27-29-20/h3-4,7-8,11-12,17,21-23H,1-2,5-6,9-10,13-15H2,(H,28,32,33)/t21-,22?,23-/m0/s1. The topological polar surface area (TPSA) is 105 Å². The third-order valence-corrected chi connectivity index (χ3v) is 7.84. The minimum atomic E-state index is -0.603. The molecule has 3 aliphatic heterocycles. The Kier molecular flexibility index (Phi) is 5.72. The highest BCUT2D eigenvalue weighted by molar-refractivity contribution is 6.05. The quantitative estimate of drug-likeness (QED) is 0.660. The molecule has 4 heterocycles. The van der Waals surface area contributed by atoms with Crippen molar-refractivity contribution in [1.29, 1.82) is 0 Å². The van der Waals surface area contributed by atoms with Crippen molar-refractivity contribution in [2.75, 3.05) is 13.1 Å². The van der Waals surface area contributed by atoms with Gasteiger partial charge in [-0.25, -0.2) is 0 Å². The SMILES string of the molecule is O=C1CCC(N2Cc3cc(O[C@H]4CCCC[C@@H]4N4CC(c5cccnn5)C4)ccc3C2=O)C(=O)N1. The number of nitrogens with zero attached hydrogens (tertiary/aromatic N) is 4.